The molecule has 0 radical (unpaired) electrons. The molecular formula is C18H14F6O18P6S. The minimum absolute atomic E-state index is 0.0896. The van der Waals surface area contributed by atoms with Gasteiger partial charge in [-0.15, -0.1) is 62.6 Å². The summed E-state index contributed by atoms with van der Waals surface area (Å²) in [7, 11) is -37.9. The van der Waals surface area contributed by atoms with E-state index in [1.807, 2.05) is 0 Å². The van der Waals surface area contributed by atoms with Crippen LogP contribution in [0.1, 0.15) is 0 Å². The number of benzene rings is 3. The van der Waals surface area contributed by atoms with E-state index in [0.29, 0.717) is 17.3 Å². The molecule has 0 saturated heterocycles. The van der Waals surface area contributed by atoms with Crippen molar-refractivity contribution in [3.63, 3.8) is 0 Å². The molecule has 0 amide bonds. The van der Waals surface area contributed by atoms with Crippen LogP contribution in [0.15, 0.2) is 82.6 Å². The molecule has 0 fully saturated rings. The molecule has 6 unspecified atom stereocenters. The van der Waals surface area contributed by atoms with E-state index in [1.165, 1.54) is 30.3 Å². The Morgan fingerprint density at radius 1 is 0.469 bits per heavy atom. The molecule has 18 nitrogen and oxygen atoms in total. The minimum atomic E-state index is -6.69. The van der Waals surface area contributed by atoms with Crippen molar-refractivity contribution in [1.29, 1.82) is 0 Å². The van der Waals surface area contributed by atoms with Crippen LogP contribution in [0.5, 0.6) is 11.5 Å². The predicted molar refractivity (Wildman–Crippen MR) is 149 cm³/mol. The first kappa shape index (κ1) is 41.6. The molecule has 49 heavy (non-hydrogen) atoms. The van der Waals surface area contributed by atoms with E-state index in [-0.39, 0.29) is 15.4 Å². The fourth-order valence-corrected chi connectivity index (χ4v) is 7.53. The molecule has 3 aromatic carbocycles. The molecule has 0 aliphatic heterocycles. The number of halogens is 6. The van der Waals surface area contributed by atoms with Gasteiger partial charge in [0.2, 0.25) is 0 Å². The summed E-state index contributed by atoms with van der Waals surface area (Å²) in [5.41, 5.74) is 0.586. The van der Waals surface area contributed by atoms with Gasteiger partial charge in [0.1, 0.15) is 11.5 Å². The zero-order valence-corrected chi connectivity index (χ0v) is 28.9. The Morgan fingerprint density at radius 3 is 1.43 bits per heavy atom. The molecule has 272 valence electrons. The summed E-state index contributed by atoms with van der Waals surface area (Å²) < 4.78 is 182. The van der Waals surface area contributed by atoms with Crippen molar-refractivity contribution >= 4 is 59.2 Å². The highest BCUT2D eigenvalue weighted by molar-refractivity contribution is 7.99. The van der Waals surface area contributed by atoms with Gasteiger partial charge in [-0.3, -0.25) is 9.79 Å². The first-order valence-electron chi connectivity index (χ1n) is 11.6. The second kappa shape index (κ2) is 16.7. The Morgan fingerprint density at radius 2 is 0.918 bits per heavy atom. The number of rotatable bonds is 19. The molecule has 0 aliphatic carbocycles. The SMILES string of the molecule is O=P(O)(F)OOP(=O)(F)OOP(=O)(F)OOP(=O)(F)OOP(=O)(F)Oc1cccc(-c2ccccc2)c1Sc1ccccc1OP(=O)(O)F. The molecule has 0 aromatic heterocycles. The van der Waals surface area contributed by atoms with E-state index in [0.717, 1.165) is 12.1 Å². The van der Waals surface area contributed by atoms with Crippen LogP contribution in [0.25, 0.3) is 11.1 Å². The van der Waals surface area contributed by atoms with E-state index in [4.69, 9.17) is 9.79 Å². The van der Waals surface area contributed by atoms with Gasteiger partial charge in [0.05, 0.1) is 9.79 Å². The van der Waals surface area contributed by atoms with Crippen molar-refractivity contribution in [2.45, 2.75) is 9.79 Å². The summed E-state index contributed by atoms with van der Waals surface area (Å²) in [5, 5.41) is 0. The van der Waals surface area contributed by atoms with Gasteiger partial charge in [0.15, 0.2) is 0 Å². The van der Waals surface area contributed by atoms with Gasteiger partial charge in [0, 0.05) is 0 Å². The molecule has 31 heteroatoms. The van der Waals surface area contributed by atoms with Gasteiger partial charge in [-0.25, -0.2) is 27.4 Å². The first-order chi connectivity index (χ1) is 22.5. The smallest absolute Gasteiger partial charge is 0.400 e. The highest BCUT2D eigenvalue weighted by Gasteiger charge is 2.43. The average molecular weight is 850 g/mol. The van der Waals surface area contributed by atoms with Crippen LogP contribution in [0.3, 0.4) is 0 Å². The van der Waals surface area contributed by atoms with Gasteiger partial charge >= 0.3 is 47.4 Å². The van der Waals surface area contributed by atoms with Crippen LogP contribution in [-0.4, -0.2) is 9.79 Å². The molecule has 0 bridgehead atoms. The maximum atomic E-state index is 14.9. The Labute approximate surface area is 273 Å². The van der Waals surface area contributed by atoms with Crippen LogP contribution >= 0.6 is 59.2 Å². The summed E-state index contributed by atoms with van der Waals surface area (Å²) in [6.07, 6.45) is 0. The van der Waals surface area contributed by atoms with Crippen molar-refractivity contribution < 1.29 is 109 Å². The summed E-state index contributed by atoms with van der Waals surface area (Å²) in [6, 6.07) is 16.5. The van der Waals surface area contributed by atoms with E-state index in [1.54, 1.807) is 30.3 Å². The lowest BCUT2D eigenvalue weighted by Gasteiger charge is -2.18. The highest BCUT2D eigenvalue weighted by Crippen LogP contribution is 2.65. The van der Waals surface area contributed by atoms with Crippen molar-refractivity contribution in [2.24, 2.45) is 0 Å². The number of hydrogen-bond acceptors (Lipinski definition) is 17. The van der Waals surface area contributed by atoms with Crippen LogP contribution < -0.4 is 9.05 Å². The molecule has 0 heterocycles. The molecular weight excluding hydrogens is 836 g/mol. The molecule has 0 spiro atoms. The number of para-hydroxylation sites is 1. The molecule has 6 atom stereocenters. The zero-order valence-electron chi connectivity index (χ0n) is 22.7. The Kier molecular flexibility index (Phi) is 14.2. The first-order valence-corrected chi connectivity index (χ1v) is 21.0. The molecule has 2 N–H and O–H groups in total. The molecule has 3 aromatic rings. The maximum absolute atomic E-state index is 14.9. The van der Waals surface area contributed by atoms with Crippen LogP contribution in [0.2, 0.25) is 0 Å². The summed E-state index contributed by atoms with van der Waals surface area (Å²) in [6.45, 7) is 0. The van der Waals surface area contributed by atoms with Gasteiger partial charge in [-0.2, -0.15) is 0 Å². The summed E-state index contributed by atoms with van der Waals surface area (Å²) in [5.74, 6) is -1.20. The van der Waals surface area contributed by atoms with E-state index in [9.17, 15) is 52.6 Å². The van der Waals surface area contributed by atoms with Crippen LogP contribution in [0.4, 0.5) is 25.2 Å². The Balaban J connectivity index is 1.76. The average Bonchev–Trinajstić information content (AvgIpc) is 2.99. The minimum Gasteiger partial charge on any atom is -0.400 e. The normalized spacial score (nSPS) is 19.2. The molecule has 0 aliphatic rings. The van der Waals surface area contributed by atoms with E-state index >= 15 is 0 Å². The topological polar surface area (TPSA) is 235 Å². The summed E-state index contributed by atoms with van der Waals surface area (Å²) in [4.78, 5) is 16.8. The van der Waals surface area contributed by atoms with Gasteiger partial charge in [-0.05, 0) is 29.3 Å². The predicted octanol–water partition coefficient (Wildman–Crippen LogP) is 10.5. The van der Waals surface area contributed by atoms with Crippen molar-refractivity contribution in [2.75, 3.05) is 0 Å². The van der Waals surface area contributed by atoms with Crippen molar-refractivity contribution in [3.05, 3.63) is 72.8 Å². The van der Waals surface area contributed by atoms with Crippen LogP contribution in [0, 0.1) is 0 Å². The van der Waals surface area contributed by atoms with Gasteiger partial charge < -0.3 is 9.05 Å². The lowest BCUT2D eigenvalue weighted by molar-refractivity contribution is -0.230. The lowest BCUT2D eigenvalue weighted by Crippen LogP contribution is -1.99. The van der Waals surface area contributed by atoms with Gasteiger partial charge in [0.25, 0.3) is 0 Å². The second-order valence-corrected chi connectivity index (χ2v) is 15.8. The standard InChI is InChI=1S/C18H14F6O18P6S/c19-43(25,26)33-15-10-4-5-12-17(15)49-18-14(13-7-2-1-3-8-13)9-6-11-16(18)34-45(21,29)37-38-47(23,31)41-42-48(24,32)40-39-46(22,30)36-35-44(20,27)28/h1-12H,(H,25,26)(H,27,28). The van der Waals surface area contributed by atoms with Crippen LogP contribution in [-0.2, 0) is 64.8 Å². The van der Waals surface area contributed by atoms with E-state index in [2.05, 4.69) is 46.4 Å². The Hall–Kier alpha value is -1.83. The third-order valence-corrected chi connectivity index (χ3v) is 8.91. The third-order valence-electron chi connectivity index (χ3n) is 4.39. The summed E-state index contributed by atoms with van der Waals surface area (Å²) >= 11 is 0.575. The van der Waals surface area contributed by atoms with E-state index < -0.39 is 58.9 Å². The quantitative estimate of drug-likeness (QED) is 0.0493. The third kappa shape index (κ3) is 15.1. The fourth-order valence-electron chi connectivity index (χ4n) is 2.87. The monoisotopic (exact) mass is 850 g/mol. The van der Waals surface area contributed by atoms with Crippen molar-refractivity contribution in [3.8, 4) is 22.6 Å². The highest BCUT2D eigenvalue weighted by atomic mass is 32.2. The largest absolute Gasteiger partial charge is 0.598 e. The number of hydrogen-bond donors (Lipinski definition) is 2. The zero-order chi connectivity index (χ0) is 36.7. The van der Waals surface area contributed by atoms with Crippen molar-refractivity contribution in [1.82, 2.24) is 0 Å². The molecule has 3 rings (SSSR count). The maximum Gasteiger partial charge on any atom is 0.598 e. The molecule has 0 saturated carbocycles. The van der Waals surface area contributed by atoms with Gasteiger partial charge in [-0.1, -0.05) is 66.4 Å². The Bertz CT molecular complexity index is 1920. The lowest BCUT2D eigenvalue weighted by atomic mass is 10.1. The fraction of sp³-hybridized carbons (Fsp3) is 0. The second-order valence-electron chi connectivity index (χ2n) is 7.95.